The van der Waals surface area contributed by atoms with Crippen molar-refractivity contribution >= 4 is 11.7 Å². The zero-order valence-electron chi connectivity index (χ0n) is 14.7. The number of anilines is 1. The van der Waals surface area contributed by atoms with Gasteiger partial charge in [-0.1, -0.05) is 18.2 Å². The first-order valence-corrected chi connectivity index (χ1v) is 7.89. The van der Waals surface area contributed by atoms with Gasteiger partial charge in [0.25, 0.3) is 5.91 Å². The van der Waals surface area contributed by atoms with Crippen molar-refractivity contribution in [3.8, 4) is 22.9 Å². The topological polar surface area (TPSA) is 74.6 Å². The normalized spacial score (nSPS) is 10.3. The molecular formula is C19H19N3O4. The van der Waals surface area contributed by atoms with Crippen LogP contribution in [-0.4, -0.2) is 37.0 Å². The fraction of sp³-hybridized carbons (Fsp3) is 0.158. The molecule has 1 amide bonds. The van der Waals surface area contributed by atoms with E-state index in [1.165, 1.54) is 21.3 Å². The van der Waals surface area contributed by atoms with Gasteiger partial charge in [-0.25, -0.2) is 4.68 Å². The van der Waals surface area contributed by atoms with Crippen LogP contribution in [0.4, 0.5) is 5.82 Å². The highest BCUT2D eigenvalue weighted by Crippen LogP contribution is 2.39. The van der Waals surface area contributed by atoms with E-state index in [0.717, 1.165) is 5.69 Å². The third kappa shape index (κ3) is 3.32. The molecule has 1 aromatic heterocycles. The predicted molar refractivity (Wildman–Crippen MR) is 97.6 cm³/mol. The maximum Gasteiger partial charge on any atom is 0.260 e. The van der Waals surface area contributed by atoms with Gasteiger partial charge in [0, 0.05) is 12.3 Å². The molecule has 0 atom stereocenters. The minimum Gasteiger partial charge on any atom is -0.493 e. The summed E-state index contributed by atoms with van der Waals surface area (Å²) in [6, 6.07) is 14.6. The zero-order chi connectivity index (χ0) is 18.5. The third-order valence-electron chi connectivity index (χ3n) is 3.80. The van der Waals surface area contributed by atoms with Crippen LogP contribution in [0.15, 0.2) is 54.7 Å². The van der Waals surface area contributed by atoms with Gasteiger partial charge in [-0.15, -0.1) is 0 Å². The van der Waals surface area contributed by atoms with Crippen LogP contribution in [0.5, 0.6) is 17.2 Å². The lowest BCUT2D eigenvalue weighted by Crippen LogP contribution is -2.14. The van der Waals surface area contributed by atoms with Crippen molar-refractivity contribution in [2.75, 3.05) is 26.6 Å². The summed E-state index contributed by atoms with van der Waals surface area (Å²) in [6.45, 7) is 0. The molecule has 0 saturated heterocycles. The summed E-state index contributed by atoms with van der Waals surface area (Å²) in [7, 11) is 4.48. The molecule has 0 fully saturated rings. The number of para-hydroxylation sites is 1. The lowest BCUT2D eigenvalue weighted by molar-refractivity contribution is 0.102. The Hall–Kier alpha value is -3.48. The van der Waals surface area contributed by atoms with Gasteiger partial charge in [0.1, 0.15) is 0 Å². The highest BCUT2D eigenvalue weighted by Gasteiger charge is 2.21. The molecule has 7 nitrogen and oxygen atoms in total. The van der Waals surface area contributed by atoms with E-state index in [0.29, 0.717) is 28.6 Å². The predicted octanol–water partition coefficient (Wildman–Crippen LogP) is 3.15. The average Bonchev–Trinajstić information content (AvgIpc) is 3.15. The fourth-order valence-corrected chi connectivity index (χ4v) is 2.58. The molecule has 0 bridgehead atoms. The highest BCUT2D eigenvalue weighted by atomic mass is 16.5. The van der Waals surface area contributed by atoms with Gasteiger partial charge in [0.05, 0.1) is 32.6 Å². The minimum absolute atomic E-state index is 0.298. The van der Waals surface area contributed by atoms with Crippen LogP contribution in [0.1, 0.15) is 10.4 Å². The molecular weight excluding hydrogens is 334 g/mol. The number of methoxy groups -OCH3 is 3. The Morgan fingerprint density at radius 3 is 2.31 bits per heavy atom. The highest BCUT2D eigenvalue weighted by molar-refractivity contribution is 6.06. The first kappa shape index (κ1) is 17.3. The Bertz CT molecular complexity index is 906. The summed E-state index contributed by atoms with van der Waals surface area (Å²) in [5, 5.41) is 7.13. The van der Waals surface area contributed by atoms with Crippen molar-refractivity contribution in [3.05, 3.63) is 60.3 Å². The number of hydrogen-bond donors (Lipinski definition) is 1. The van der Waals surface area contributed by atoms with Crippen LogP contribution in [0.2, 0.25) is 0 Å². The first-order chi connectivity index (χ1) is 12.7. The molecule has 0 spiro atoms. The van der Waals surface area contributed by atoms with Gasteiger partial charge in [-0.2, -0.15) is 5.10 Å². The molecule has 0 aliphatic carbocycles. The zero-order valence-corrected chi connectivity index (χ0v) is 14.7. The van der Waals surface area contributed by atoms with E-state index in [1.807, 2.05) is 30.3 Å². The van der Waals surface area contributed by atoms with Crippen LogP contribution in [0.25, 0.3) is 5.69 Å². The van der Waals surface area contributed by atoms with Gasteiger partial charge in [0.15, 0.2) is 17.3 Å². The summed E-state index contributed by atoms with van der Waals surface area (Å²) in [5.74, 6) is 1.20. The van der Waals surface area contributed by atoms with Crippen LogP contribution >= 0.6 is 0 Å². The maximum atomic E-state index is 12.7. The molecule has 0 aliphatic heterocycles. The Kier molecular flexibility index (Phi) is 5.07. The Balaban J connectivity index is 1.86. The van der Waals surface area contributed by atoms with Gasteiger partial charge in [0.2, 0.25) is 5.75 Å². The summed E-state index contributed by atoms with van der Waals surface area (Å²) in [4.78, 5) is 12.7. The summed E-state index contributed by atoms with van der Waals surface area (Å²) >= 11 is 0. The number of hydrogen-bond acceptors (Lipinski definition) is 5. The number of nitrogens with zero attached hydrogens (tertiary/aromatic N) is 2. The fourth-order valence-electron chi connectivity index (χ4n) is 2.58. The molecule has 7 heteroatoms. The maximum absolute atomic E-state index is 12.7. The van der Waals surface area contributed by atoms with E-state index in [4.69, 9.17) is 14.2 Å². The molecule has 26 heavy (non-hydrogen) atoms. The molecule has 0 unspecified atom stereocenters. The van der Waals surface area contributed by atoms with Gasteiger partial charge >= 0.3 is 0 Å². The van der Waals surface area contributed by atoms with Gasteiger partial charge < -0.3 is 19.5 Å². The first-order valence-electron chi connectivity index (χ1n) is 7.89. The van der Waals surface area contributed by atoms with Gasteiger partial charge in [-0.05, 0) is 24.3 Å². The lowest BCUT2D eigenvalue weighted by Gasteiger charge is -2.15. The smallest absolute Gasteiger partial charge is 0.260 e. The van der Waals surface area contributed by atoms with Crippen LogP contribution < -0.4 is 19.5 Å². The molecule has 3 aromatic rings. The monoisotopic (exact) mass is 353 g/mol. The molecule has 0 aliphatic rings. The molecule has 0 radical (unpaired) electrons. The Morgan fingerprint density at radius 2 is 1.65 bits per heavy atom. The second-order valence-electron chi connectivity index (χ2n) is 5.32. The van der Waals surface area contributed by atoms with Crippen molar-refractivity contribution in [3.63, 3.8) is 0 Å². The van der Waals surface area contributed by atoms with E-state index in [2.05, 4.69) is 10.4 Å². The third-order valence-corrected chi connectivity index (χ3v) is 3.80. The molecule has 134 valence electrons. The van der Waals surface area contributed by atoms with Crippen LogP contribution in [0, 0.1) is 0 Å². The Morgan fingerprint density at radius 1 is 0.923 bits per heavy atom. The molecule has 1 N–H and O–H groups in total. The van der Waals surface area contributed by atoms with Crippen molar-refractivity contribution < 1.29 is 19.0 Å². The number of carbonyl (C=O) groups excluding carboxylic acids is 1. The minimum atomic E-state index is -0.360. The van der Waals surface area contributed by atoms with Crippen molar-refractivity contribution in [1.82, 2.24) is 9.78 Å². The van der Waals surface area contributed by atoms with E-state index < -0.39 is 0 Å². The second kappa shape index (κ2) is 7.60. The molecule has 1 heterocycles. The number of rotatable bonds is 6. The number of aromatic nitrogens is 2. The molecule has 3 rings (SSSR count). The molecule has 0 saturated carbocycles. The van der Waals surface area contributed by atoms with Crippen molar-refractivity contribution in [1.29, 1.82) is 0 Å². The number of amides is 1. The summed E-state index contributed by atoms with van der Waals surface area (Å²) in [5.41, 5.74) is 1.22. The van der Waals surface area contributed by atoms with E-state index in [9.17, 15) is 4.79 Å². The lowest BCUT2D eigenvalue weighted by atomic mass is 10.1. The van der Waals surface area contributed by atoms with E-state index >= 15 is 0 Å². The second-order valence-corrected chi connectivity index (χ2v) is 5.32. The summed E-state index contributed by atoms with van der Waals surface area (Å²) < 4.78 is 17.6. The Labute approximate surface area is 151 Å². The van der Waals surface area contributed by atoms with Gasteiger partial charge in [-0.3, -0.25) is 4.79 Å². The van der Waals surface area contributed by atoms with Crippen molar-refractivity contribution in [2.24, 2.45) is 0 Å². The van der Waals surface area contributed by atoms with Crippen LogP contribution in [0.3, 0.4) is 0 Å². The van der Waals surface area contributed by atoms with E-state index in [-0.39, 0.29) is 5.91 Å². The quantitative estimate of drug-likeness (QED) is 0.737. The SMILES string of the molecule is COc1ccc(C(=O)Nc2ccn(-c3ccccc3)n2)c(OC)c1OC. The standard InChI is InChI=1S/C19H19N3O4/c1-24-15-10-9-14(17(25-2)18(15)26-3)19(23)20-16-11-12-22(21-16)13-7-5-4-6-8-13/h4-12H,1-3H3,(H,20,21,23). The number of ether oxygens (including phenoxy) is 3. The number of nitrogens with one attached hydrogen (secondary N) is 1. The van der Waals surface area contributed by atoms with Crippen LogP contribution in [-0.2, 0) is 0 Å². The molecule has 2 aromatic carbocycles. The average molecular weight is 353 g/mol. The number of carbonyl (C=O) groups is 1. The van der Waals surface area contributed by atoms with Crippen molar-refractivity contribution in [2.45, 2.75) is 0 Å². The summed E-state index contributed by atoms with van der Waals surface area (Å²) in [6.07, 6.45) is 1.77. The number of benzene rings is 2. The largest absolute Gasteiger partial charge is 0.493 e. The van der Waals surface area contributed by atoms with E-state index in [1.54, 1.807) is 29.1 Å².